The number of likely N-dealkylation sites (N-methyl/N-ethyl adjacent to an activating group) is 1. The quantitative estimate of drug-likeness (QED) is 0.852. The minimum Gasteiger partial charge on any atom is -0.329 e. The van der Waals surface area contributed by atoms with Crippen LogP contribution in [0.2, 0.25) is 0 Å². The Balaban J connectivity index is 2.68. The first-order valence-corrected chi connectivity index (χ1v) is 8.89. The molecule has 0 saturated carbocycles. The van der Waals surface area contributed by atoms with Gasteiger partial charge >= 0.3 is 0 Å². The normalized spacial score (nSPS) is 14.2. The van der Waals surface area contributed by atoms with E-state index in [9.17, 15) is 8.42 Å². The lowest BCUT2D eigenvalue weighted by Gasteiger charge is -2.25. The molecular weight excluding hydrogens is 324 g/mol. The van der Waals surface area contributed by atoms with Gasteiger partial charge in [-0.05, 0) is 29.0 Å². The average molecular weight is 341 g/mol. The molecule has 7 heteroatoms. The van der Waals surface area contributed by atoms with E-state index in [1.54, 1.807) is 11.3 Å². The number of hydrogen-bond donors (Lipinski definition) is 1. The Hall–Kier alpha value is 0.0500. The highest BCUT2D eigenvalue weighted by molar-refractivity contribution is 9.10. The molecule has 0 aliphatic heterocycles. The summed E-state index contributed by atoms with van der Waals surface area (Å²) in [6, 6.07) is 2.10. The Morgan fingerprint density at radius 1 is 1.59 bits per heavy atom. The molecule has 1 heterocycles. The van der Waals surface area contributed by atoms with Crippen molar-refractivity contribution in [1.82, 2.24) is 4.90 Å². The molecule has 1 atom stereocenters. The Kier molecular flexibility index (Phi) is 5.59. The number of halogens is 1. The lowest BCUT2D eigenvalue weighted by Crippen LogP contribution is -2.33. The van der Waals surface area contributed by atoms with Crippen molar-refractivity contribution in [2.75, 3.05) is 32.1 Å². The molecule has 0 fully saturated rings. The molecule has 4 nitrogen and oxygen atoms in total. The number of rotatable bonds is 6. The fourth-order valence-corrected chi connectivity index (χ4v) is 3.73. The van der Waals surface area contributed by atoms with Gasteiger partial charge in [-0.15, -0.1) is 11.3 Å². The van der Waals surface area contributed by atoms with E-state index in [2.05, 4.69) is 15.9 Å². The topological polar surface area (TPSA) is 63.4 Å². The Labute approximate surface area is 115 Å². The molecule has 2 N–H and O–H groups in total. The van der Waals surface area contributed by atoms with Crippen molar-refractivity contribution in [3.8, 4) is 0 Å². The van der Waals surface area contributed by atoms with Crippen LogP contribution in [-0.4, -0.2) is 45.5 Å². The van der Waals surface area contributed by atoms with Crippen molar-refractivity contribution in [3.05, 3.63) is 20.8 Å². The van der Waals surface area contributed by atoms with Crippen LogP contribution in [0.3, 0.4) is 0 Å². The molecule has 0 spiro atoms. The van der Waals surface area contributed by atoms with E-state index >= 15 is 0 Å². The van der Waals surface area contributed by atoms with Gasteiger partial charge in [-0.1, -0.05) is 0 Å². The largest absolute Gasteiger partial charge is 0.329 e. The standard InChI is InChI=1S/C10H17BrN2O2S2/c1-13(3-4-17(2,14)15)9(6-12)10-5-8(11)7-16-10/h5,7,9H,3-4,6,12H2,1-2H3. The maximum absolute atomic E-state index is 11.1. The minimum atomic E-state index is -2.93. The van der Waals surface area contributed by atoms with Crippen LogP contribution in [0.5, 0.6) is 0 Å². The van der Waals surface area contributed by atoms with Gasteiger partial charge in [0.25, 0.3) is 0 Å². The molecule has 1 aromatic rings. The zero-order chi connectivity index (χ0) is 13.1. The molecular formula is C10H17BrN2O2S2. The number of thiophene rings is 1. The van der Waals surface area contributed by atoms with Crippen LogP contribution in [0.1, 0.15) is 10.9 Å². The summed E-state index contributed by atoms with van der Waals surface area (Å²) in [4.78, 5) is 3.13. The predicted molar refractivity (Wildman–Crippen MR) is 76.2 cm³/mol. The van der Waals surface area contributed by atoms with Gasteiger partial charge in [-0.25, -0.2) is 8.42 Å². The van der Waals surface area contributed by atoms with E-state index in [1.807, 2.05) is 23.4 Å². The lowest BCUT2D eigenvalue weighted by atomic mass is 10.2. The fourth-order valence-electron chi connectivity index (χ4n) is 1.48. The van der Waals surface area contributed by atoms with Crippen LogP contribution in [0.4, 0.5) is 0 Å². The first-order valence-electron chi connectivity index (χ1n) is 5.15. The van der Waals surface area contributed by atoms with Crippen LogP contribution >= 0.6 is 27.3 Å². The van der Waals surface area contributed by atoms with Crippen molar-refractivity contribution in [1.29, 1.82) is 0 Å². The molecule has 0 aliphatic carbocycles. The Morgan fingerprint density at radius 3 is 2.65 bits per heavy atom. The first kappa shape index (κ1) is 15.1. The first-order chi connectivity index (χ1) is 7.83. The number of nitrogens with zero attached hydrogens (tertiary/aromatic N) is 1. The third-order valence-electron chi connectivity index (χ3n) is 2.49. The van der Waals surface area contributed by atoms with Crippen molar-refractivity contribution >= 4 is 37.1 Å². The molecule has 0 radical (unpaired) electrons. The molecule has 0 amide bonds. The van der Waals surface area contributed by atoms with Crippen molar-refractivity contribution in [3.63, 3.8) is 0 Å². The summed E-state index contributed by atoms with van der Waals surface area (Å²) in [5, 5.41) is 2.00. The van der Waals surface area contributed by atoms with Gasteiger partial charge in [0, 0.05) is 34.1 Å². The van der Waals surface area contributed by atoms with Crippen LogP contribution in [0, 0.1) is 0 Å². The number of hydrogen-bond acceptors (Lipinski definition) is 5. The van der Waals surface area contributed by atoms with E-state index in [4.69, 9.17) is 5.73 Å². The van der Waals surface area contributed by atoms with Gasteiger partial charge < -0.3 is 5.73 Å². The third-order valence-corrected chi connectivity index (χ3v) is 5.21. The van der Waals surface area contributed by atoms with Gasteiger partial charge in [0.15, 0.2) is 0 Å². The van der Waals surface area contributed by atoms with Crippen molar-refractivity contribution in [2.24, 2.45) is 5.73 Å². The third kappa shape index (κ3) is 5.05. The summed E-state index contributed by atoms with van der Waals surface area (Å²) in [5.74, 6) is 0.159. The summed E-state index contributed by atoms with van der Waals surface area (Å²) in [6.07, 6.45) is 1.25. The smallest absolute Gasteiger partial charge is 0.148 e. The molecule has 0 bridgehead atoms. The highest BCUT2D eigenvalue weighted by Gasteiger charge is 2.18. The second-order valence-corrected chi connectivity index (χ2v) is 8.15. The molecule has 1 rings (SSSR count). The molecule has 98 valence electrons. The van der Waals surface area contributed by atoms with E-state index in [0.29, 0.717) is 13.1 Å². The van der Waals surface area contributed by atoms with E-state index in [0.717, 1.165) is 9.35 Å². The predicted octanol–water partition coefficient (Wildman–Crippen LogP) is 1.49. The summed E-state index contributed by atoms with van der Waals surface area (Å²) in [5.41, 5.74) is 5.75. The van der Waals surface area contributed by atoms with Crippen LogP contribution in [0.15, 0.2) is 15.9 Å². The SMILES string of the molecule is CN(CCS(C)(=O)=O)C(CN)c1cc(Br)cs1. The molecule has 1 aromatic heterocycles. The zero-order valence-corrected chi connectivity index (χ0v) is 13.1. The molecule has 0 saturated heterocycles. The van der Waals surface area contributed by atoms with Crippen LogP contribution in [-0.2, 0) is 9.84 Å². The van der Waals surface area contributed by atoms with Crippen molar-refractivity contribution in [2.45, 2.75) is 6.04 Å². The highest BCUT2D eigenvalue weighted by atomic mass is 79.9. The van der Waals surface area contributed by atoms with Crippen LogP contribution < -0.4 is 5.73 Å². The van der Waals surface area contributed by atoms with E-state index in [-0.39, 0.29) is 11.8 Å². The summed E-state index contributed by atoms with van der Waals surface area (Å²) >= 11 is 5.03. The van der Waals surface area contributed by atoms with Crippen molar-refractivity contribution < 1.29 is 8.42 Å². The molecule has 0 aromatic carbocycles. The number of sulfone groups is 1. The zero-order valence-electron chi connectivity index (χ0n) is 9.89. The lowest BCUT2D eigenvalue weighted by molar-refractivity contribution is 0.268. The van der Waals surface area contributed by atoms with Gasteiger partial charge in [-0.2, -0.15) is 0 Å². The minimum absolute atomic E-state index is 0.0769. The summed E-state index contributed by atoms with van der Waals surface area (Å²) in [6.45, 7) is 0.976. The fraction of sp³-hybridized carbons (Fsp3) is 0.600. The molecule has 0 aliphatic rings. The summed E-state index contributed by atoms with van der Waals surface area (Å²) < 4.78 is 23.3. The second kappa shape index (κ2) is 6.29. The Bertz CT molecular complexity index is 459. The second-order valence-electron chi connectivity index (χ2n) is 4.03. The number of nitrogens with two attached hydrogens (primary N) is 1. The van der Waals surface area contributed by atoms with E-state index < -0.39 is 9.84 Å². The monoisotopic (exact) mass is 340 g/mol. The summed E-state index contributed by atoms with van der Waals surface area (Å²) in [7, 11) is -1.03. The highest BCUT2D eigenvalue weighted by Crippen LogP contribution is 2.28. The van der Waals surface area contributed by atoms with Gasteiger partial charge in [0.05, 0.1) is 11.8 Å². The Morgan fingerprint density at radius 2 is 2.24 bits per heavy atom. The van der Waals surface area contributed by atoms with Gasteiger partial charge in [0.2, 0.25) is 0 Å². The van der Waals surface area contributed by atoms with Gasteiger partial charge in [0.1, 0.15) is 9.84 Å². The average Bonchev–Trinajstić information content (AvgIpc) is 2.62. The van der Waals surface area contributed by atoms with Gasteiger partial charge in [-0.3, -0.25) is 4.90 Å². The van der Waals surface area contributed by atoms with E-state index in [1.165, 1.54) is 6.26 Å². The molecule has 1 unspecified atom stereocenters. The van der Waals surface area contributed by atoms with Crippen LogP contribution in [0.25, 0.3) is 0 Å². The maximum Gasteiger partial charge on any atom is 0.148 e. The molecule has 17 heavy (non-hydrogen) atoms. The maximum atomic E-state index is 11.1.